The maximum absolute atomic E-state index is 6.04. The number of fused-ring (bicyclic) bond motifs is 3. The van der Waals surface area contributed by atoms with E-state index in [1.807, 2.05) is 19.9 Å². The van der Waals surface area contributed by atoms with E-state index in [-0.39, 0.29) is 0 Å². The molecule has 1 aliphatic carbocycles. The highest BCUT2D eigenvalue weighted by Crippen LogP contribution is 2.43. The van der Waals surface area contributed by atoms with Crippen molar-refractivity contribution >= 4 is 38.7 Å². The summed E-state index contributed by atoms with van der Waals surface area (Å²) < 4.78 is 17.6. The van der Waals surface area contributed by atoms with Crippen molar-refractivity contribution in [3.8, 4) is 11.5 Å². The summed E-state index contributed by atoms with van der Waals surface area (Å²) in [5, 5.41) is 4.70. The van der Waals surface area contributed by atoms with Crippen molar-refractivity contribution in [2.24, 2.45) is 0 Å². The monoisotopic (exact) mass is 440 g/mol. The molecule has 2 aliphatic rings. The molecule has 0 unspecified atom stereocenters. The van der Waals surface area contributed by atoms with Gasteiger partial charge in [0.15, 0.2) is 0 Å². The molecule has 0 radical (unpaired) electrons. The van der Waals surface area contributed by atoms with Crippen molar-refractivity contribution in [3.63, 3.8) is 0 Å². The van der Waals surface area contributed by atoms with Gasteiger partial charge in [-0.05, 0) is 38.7 Å². The van der Waals surface area contributed by atoms with E-state index in [2.05, 4.69) is 26.3 Å². The molecule has 2 aromatic heterocycles. The number of thiophene rings is 1. The third-order valence-corrected chi connectivity index (χ3v) is 6.97. The molecule has 164 valence electrons. The first-order chi connectivity index (χ1) is 15.3. The normalized spacial score (nSPS) is 15.9. The molecule has 1 saturated heterocycles. The van der Waals surface area contributed by atoms with Crippen molar-refractivity contribution in [1.29, 1.82) is 0 Å². The van der Waals surface area contributed by atoms with E-state index in [0.29, 0.717) is 13.2 Å². The maximum Gasteiger partial charge on any atom is 0.145 e. The Morgan fingerprint density at radius 3 is 2.68 bits per heavy atom. The summed E-state index contributed by atoms with van der Waals surface area (Å²) in [6.45, 7) is 8.31. The van der Waals surface area contributed by atoms with Crippen LogP contribution in [0.2, 0.25) is 0 Å². The van der Waals surface area contributed by atoms with Crippen LogP contribution in [0.25, 0.3) is 10.2 Å². The molecule has 0 spiro atoms. The first-order valence-electron chi connectivity index (χ1n) is 11.1. The fourth-order valence-corrected chi connectivity index (χ4v) is 5.62. The quantitative estimate of drug-likeness (QED) is 0.578. The average molecular weight is 441 g/mol. The van der Waals surface area contributed by atoms with Gasteiger partial charge >= 0.3 is 0 Å². The highest BCUT2D eigenvalue weighted by Gasteiger charge is 2.23. The molecular formula is C23H28N4O3S. The largest absolute Gasteiger partial charge is 0.492 e. The number of aromatic nitrogens is 2. The lowest BCUT2D eigenvalue weighted by atomic mass is 10.1. The zero-order valence-corrected chi connectivity index (χ0v) is 18.9. The van der Waals surface area contributed by atoms with Gasteiger partial charge in [0, 0.05) is 30.1 Å². The van der Waals surface area contributed by atoms with E-state index in [1.54, 1.807) is 17.7 Å². The Morgan fingerprint density at radius 2 is 1.87 bits per heavy atom. The second-order valence-corrected chi connectivity index (χ2v) is 8.75. The predicted molar refractivity (Wildman–Crippen MR) is 125 cm³/mol. The first kappa shape index (κ1) is 20.3. The molecule has 0 amide bonds. The molecule has 3 heterocycles. The lowest BCUT2D eigenvalue weighted by Gasteiger charge is -2.31. The molecule has 1 N–H and O–H groups in total. The van der Waals surface area contributed by atoms with Crippen molar-refractivity contribution in [1.82, 2.24) is 9.97 Å². The molecule has 7 nitrogen and oxygen atoms in total. The number of nitrogens with one attached hydrogen (secondary N) is 1. The van der Waals surface area contributed by atoms with Crippen LogP contribution >= 0.6 is 11.3 Å². The number of hydrogen-bond acceptors (Lipinski definition) is 8. The molecular weight excluding hydrogens is 412 g/mol. The minimum absolute atomic E-state index is 0.582. The van der Waals surface area contributed by atoms with Crippen LogP contribution in [0.4, 0.5) is 17.2 Å². The predicted octanol–water partition coefficient (Wildman–Crippen LogP) is 4.56. The Labute approximate surface area is 186 Å². The zero-order chi connectivity index (χ0) is 21.2. The van der Waals surface area contributed by atoms with Gasteiger partial charge in [-0.3, -0.25) is 0 Å². The third-order valence-electron chi connectivity index (χ3n) is 5.77. The minimum atomic E-state index is 0.582. The van der Waals surface area contributed by atoms with Gasteiger partial charge < -0.3 is 24.4 Å². The lowest BCUT2D eigenvalue weighted by molar-refractivity contribution is 0.122. The van der Waals surface area contributed by atoms with Gasteiger partial charge in [-0.2, -0.15) is 0 Å². The summed E-state index contributed by atoms with van der Waals surface area (Å²) in [7, 11) is 0. The highest BCUT2D eigenvalue weighted by molar-refractivity contribution is 7.19. The van der Waals surface area contributed by atoms with Crippen LogP contribution in [-0.4, -0.2) is 49.5 Å². The van der Waals surface area contributed by atoms with Crippen molar-refractivity contribution in [2.75, 3.05) is 49.7 Å². The van der Waals surface area contributed by atoms with E-state index in [9.17, 15) is 0 Å². The molecule has 0 atom stereocenters. The van der Waals surface area contributed by atoms with Crippen LogP contribution in [-0.2, 0) is 17.6 Å². The topological polar surface area (TPSA) is 68.7 Å². The standard InChI is InChI=1S/C23H28N4O3S/c1-3-29-18-13-17(27-8-10-28-11-9-27)19(30-4-2)12-16(18)26-22-21-15-6-5-7-20(15)31-23(21)25-14-24-22/h12-14H,3-11H2,1-2H3,(H,24,25,26). The van der Waals surface area contributed by atoms with Crippen molar-refractivity contribution < 1.29 is 14.2 Å². The van der Waals surface area contributed by atoms with Gasteiger partial charge in [0.25, 0.3) is 0 Å². The van der Waals surface area contributed by atoms with Crippen LogP contribution in [0.3, 0.4) is 0 Å². The fraction of sp³-hybridized carbons (Fsp3) is 0.478. The lowest BCUT2D eigenvalue weighted by Crippen LogP contribution is -2.36. The Bertz CT molecular complexity index is 1080. The van der Waals surface area contributed by atoms with Gasteiger partial charge in [0.2, 0.25) is 0 Å². The summed E-state index contributed by atoms with van der Waals surface area (Å²) in [4.78, 5) is 13.9. The molecule has 1 aromatic carbocycles. The second kappa shape index (κ2) is 8.88. The maximum atomic E-state index is 6.04. The van der Waals surface area contributed by atoms with E-state index >= 15 is 0 Å². The Kier molecular flexibility index (Phi) is 5.82. The van der Waals surface area contributed by atoms with Crippen LogP contribution in [0.15, 0.2) is 18.5 Å². The van der Waals surface area contributed by atoms with Crippen LogP contribution < -0.4 is 19.7 Å². The van der Waals surface area contributed by atoms with Gasteiger partial charge in [-0.15, -0.1) is 11.3 Å². The second-order valence-electron chi connectivity index (χ2n) is 7.67. The molecule has 0 bridgehead atoms. The smallest absolute Gasteiger partial charge is 0.145 e. The van der Waals surface area contributed by atoms with Crippen LogP contribution in [0.5, 0.6) is 11.5 Å². The zero-order valence-electron chi connectivity index (χ0n) is 18.1. The van der Waals surface area contributed by atoms with E-state index in [1.165, 1.54) is 16.9 Å². The Balaban J connectivity index is 1.57. The number of hydrogen-bond donors (Lipinski definition) is 1. The fourth-order valence-electron chi connectivity index (χ4n) is 4.40. The summed E-state index contributed by atoms with van der Waals surface area (Å²) in [5.41, 5.74) is 3.31. The Hall–Kier alpha value is -2.58. The summed E-state index contributed by atoms with van der Waals surface area (Å²) in [6, 6.07) is 4.12. The van der Waals surface area contributed by atoms with E-state index in [0.717, 1.165) is 78.1 Å². The summed E-state index contributed by atoms with van der Waals surface area (Å²) >= 11 is 1.79. The molecule has 8 heteroatoms. The molecule has 0 saturated carbocycles. The molecule has 5 rings (SSSR count). The summed E-state index contributed by atoms with van der Waals surface area (Å²) in [6.07, 6.45) is 5.08. The number of benzene rings is 1. The van der Waals surface area contributed by atoms with Crippen LogP contribution in [0, 0.1) is 0 Å². The summed E-state index contributed by atoms with van der Waals surface area (Å²) in [5.74, 6) is 2.48. The van der Waals surface area contributed by atoms with Crippen molar-refractivity contribution in [3.05, 3.63) is 28.9 Å². The van der Waals surface area contributed by atoms with Gasteiger partial charge in [0.1, 0.15) is 28.5 Å². The molecule has 1 aliphatic heterocycles. The molecule has 3 aromatic rings. The number of rotatable bonds is 7. The van der Waals surface area contributed by atoms with Crippen molar-refractivity contribution in [2.45, 2.75) is 33.1 Å². The number of aryl methyl sites for hydroxylation is 2. The number of morpholine rings is 1. The number of ether oxygens (including phenoxy) is 3. The Morgan fingerprint density at radius 1 is 1.06 bits per heavy atom. The number of anilines is 3. The average Bonchev–Trinajstić information content (AvgIpc) is 3.38. The first-order valence-corrected chi connectivity index (χ1v) is 11.9. The van der Waals surface area contributed by atoms with Gasteiger partial charge in [-0.1, -0.05) is 0 Å². The molecule has 1 fully saturated rings. The van der Waals surface area contributed by atoms with Crippen LogP contribution in [0.1, 0.15) is 30.7 Å². The molecule has 31 heavy (non-hydrogen) atoms. The van der Waals surface area contributed by atoms with Gasteiger partial charge in [-0.25, -0.2) is 9.97 Å². The minimum Gasteiger partial charge on any atom is -0.492 e. The SMILES string of the molecule is CCOc1cc(N2CCOCC2)c(OCC)cc1Nc1ncnc2sc3c(c12)CCC3. The third kappa shape index (κ3) is 3.90. The van der Waals surface area contributed by atoms with E-state index < -0.39 is 0 Å². The van der Waals surface area contributed by atoms with Gasteiger partial charge in [0.05, 0.1) is 43.2 Å². The highest BCUT2D eigenvalue weighted by atomic mass is 32.1. The van der Waals surface area contributed by atoms with E-state index in [4.69, 9.17) is 14.2 Å². The number of nitrogens with zero attached hydrogens (tertiary/aromatic N) is 3.